The third-order valence-corrected chi connectivity index (χ3v) is 3.45. The summed E-state index contributed by atoms with van der Waals surface area (Å²) in [5.74, 6) is -0.836. The van der Waals surface area contributed by atoms with Crippen LogP contribution >= 0.6 is 11.6 Å². The molecule has 0 spiro atoms. The highest BCUT2D eigenvalue weighted by Gasteiger charge is 2.15. The van der Waals surface area contributed by atoms with Gasteiger partial charge in [0.05, 0.1) is 13.0 Å². The molecule has 0 aliphatic carbocycles. The number of carbonyl (C=O) groups is 2. The summed E-state index contributed by atoms with van der Waals surface area (Å²) in [5, 5.41) is 1.87. The molecule has 0 bridgehead atoms. The maximum atomic E-state index is 11.6. The van der Waals surface area contributed by atoms with Gasteiger partial charge in [0.2, 0.25) is 0 Å². The number of methoxy groups -OCH3 is 1. The van der Waals surface area contributed by atoms with Crippen LogP contribution in [0.5, 0.6) is 5.75 Å². The second kappa shape index (κ2) is 6.59. The summed E-state index contributed by atoms with van der Waals surface area (Å²) in [6.45, 7) is 1.80. The first-order chi connectivity index (χ1) is 10.0. The summed E-state index contributed by atoms with van der Waals surface area (Å²) >= 11 is 5.40. The first-order valence-corrected chi connectivity index (χ1v) is 6.96. The maximum absolute atomic E-state index is 11.6. The number of fused-ring (bicyclic) bond motifs is 1. The SMILES string of the molecule is COC(=O)C(C)c1ccc2cc(OC(=O)CCl)ccc2c1. The lowest BCUT2D eigenvalue weighted by Gasteiger charge is -2.11. The van der Waals surface area contributed by atoms with Crippen LogP contribution in [0.2, 0.25) is 0 Å². The molecule has 1 atom stereocenters. The number of ether oxygens (including phenoxy) is 2. The Labute approximate surface area is 127 Å². The molecule has 5 heteroatoms. The summed E-state index contributed by atoms with van der Waals surface area (Å²) in [6.07, 6.45) is 0. The van der Waals surface area contributed by atoms with E-state index < -0.39 is 5.97 Å². The van der Waals surface area contributed by atoms with Gasteiger partial charge in [-0.05, 0) is 35.4 Å². The maximum Gasteiger partial charge on any atom is 0.326 e. The van der Waals surface area contributed by atoms with Gasteiger partial charge in [-0.2, -0.15) is 0 Å². The minimum Gasteiger partial charge on any atom is -0.469 e. The molecule has 0 amide bonds. The average Bonchev–Trinajstić information content (AvgIpc) is 2.52. The van der Waals surface area contributed by atoms with Crippen molar-refractivity contribution < 1.29 is 19.1 Å². The quantitative estimate of drug-likeness (QED) is 0.494. The van der Waals surface area contributed by atoms with Crippen molar-refractivity contribution in [3.63, 3.8) is 0 Å². The second-order valence-corrected chi connectivity index (χ2v) is 4.89. The molecule has 1 unspecified atom stereocenters. The zero-order valence-corrected chi connectivity index (χ0v) is 12.5. The molecule has 0 saturated carbocycles. The summed E-state index contributed by atoms with van der Waals surface area (Å²) in [7, 11) is 1.37. The van der Waals surface area contributed by atoms with Crippen LogP contribution in [0.1, 0.15) is 18.4 Å². The van der Waals surface area contributed by atoms with Gasteiger partial charge < -0.3 is 9.47 Å². The van der Waals surface area contributed by atoms with Crippen molar-refractivity contribution in [3.8, 4) is 5.75 Å². The number of alkyl halides is 1. The molecular weight excluding hydrogens is 292 g/mol. The molecule has 0 saturated heterocycles. The fourth-order valence-corrected chi connectivity index (χ4v) is 2.10. The number of hydrogen-bond acceptors (Lipinski definition) is 4. The van der Waals surface area contributed by atoms with Gasteiger partial charge in [-0.1, -0.05) is 24.3 Å². The van der Waals surface area contributed by atoms with Crippen LogP contribution in [-0.4, -0.2) is 24.9 Å². The van der Waals surface area contributed by atoms with E-state index in [9.17, 15) is 9.59 Å². The van der Waals surface area contributed by atoms with Gasteiger partial charge in [0.15, 0.2) is 0 Å². The van der Waals surface area contributed by atoms with Crippen molar-refractivity contribution in [2.75, 3.05) is 13.0 Å². The molecular formula is C16H15ClO4. The van der Waals surface area contributed by atoms with E-state index in [2.05, 4.69) is 0 Å². The van der Waals surface area contributed by atoms with E-state index in [0.717, 1.165) is 16.3 Å². The third kappa shape index (κ3) is 3.52. The number of halogens is 1. The summed E-state index contributed by atoms with van der Waals surface area (Å²) in [5.41, 5.74) is 0.875. The largest absolute Gasteiger partial charge is 0.469 e. The first-order valence-electron chi connectivity index (χ1n) is 6.43. The summed E-state index contributed by atoms with van der Waals surface area (Å²) < 4.78 is 9.80. The molecule has 0 heterocycles. The fraction of sp³-hybridized carbons (Fsp3) is 0.250. The Bertz CT molecular complexity index is 681. The van der Waals surface area contributed by atoms with Crippen LogP contribution in [0.3, 0.4) is 0 Å². The van der Waals surface area contributed by atoms with Crippen molar-refractivity contribution in [3.05, 3.63) is 42.0 Å². The van der Waals surface area contributed by atoms with Crippen molar-refractivity contribution in [1.82, 2.24) is 0 Å². The molecule has 21 heavy (non-hydrogen) atoms. The molecule has 4 nitrogen and oxygen atoms in total. The van der Waals surface area contributed by atoms with Crippen molar-refractivity contribution in [1.29, 1.82) is 0 Å². The van der Waals surface area contributed by atoms with Crippen LogP contribution < -0.4 is 4.74 Å². The molecule has 0 N–H and O–H groups in total. The van der Waals surface area contributed by atoms with Crippen LogP contribution in [0.25, 0.3) is 10.8 Å². The lowest BCUT2D eigenvalue weighted by molar-refractivity contribution is -0.142. The molecule has 2 rings (SSSR count). The zero-order chi connectivity index (χ0) is 15.4. The number of esters is 2. The van der Waals surface area contributed by atoms with E-state index in [0.29, 0.717) is 5.75 Å². The van der Waals surface area contributed by atoms with Crippen molar-refractivity contribution in [2.45, 2.75) is 12.8 Å². The molecule has 0 aliphatic heterocycles. The first kappa shape index (κ1) is 15.3. The predicted octanol–water partition coefficient (Wildman–Crippen LogP) is 3.26. The molecule has 0 radical (unpaired) electrons. The molecule has 0 fully saturated rings. The Kier molecular flexibility index (Phi) is 4.81. The van der Waals surface area contributed by atoms with Gasteiger partial charge in [0.1, 0.15) is 11.6 Å². The van der Waals surface area contributed by atoms with Gasteiger partial charge in [0, 0.05) is 0 Å². The van der Waals surface area contributed by atoms with Gasteiger partial charge in [-0.3, -0.25) is 9.59 Å². The van der Waals surface area contributed by atoms with Gasteiger partial charge in [0.25, 0.3) is 0 Å². The molecule has 110 valence electrons. The lowest BCUT2D eigenvalue weighted by atomic mass is 9.98. The monoisotopic (exact) mass is 306 g/mol. The lowest BCUT2D eigenvalue weighted by Crippen LogP contribution is -2.10. The number of hydrogen-bond donors (Lipinski definition) is 0. The average molecular weight is 307 g/mol. The van der Waals surface area contributed by atoms with Gasteiger partial charge in [-0.15, -0.1) is 11.6 Å². The zero-order valence-electron chi connectivity index (χ0n) is 11.8. The highest BCUT2D eigenvalue weighted by Crippen LogP contribution is 2.25. The van der Waals surface area contributed by atoms with Crippen LogP contribution in [-0.2, 0) is 14.3 Å². The molecule has 0 aliphatic rings. The number of benzene rings is 2. The van der Waals surface area contributed by atoms with Gasteiger partial charge in [-0.25, -0.2) is 0 Å². The van der Waals surface area contributed by atoms with Crippen molar-refractivity contribution >= 4 is 34.3 Å². The molecule has 0 aromatic heterocycles. The Hall–Kier alpha value is -2.07. The van der Waals surface area contributed by atoms with Crippen LogP contribution in [0.15, 0.2) is 36.4 Å². The van der Waals surface area contributed by atoms with Gasteiger partial charge >= 0.3 is 11.9 Å². The Balaban J connectivity index is 2.31. The van der Waals surface area contributed by atoms with Crippen LogP contribution in [0.4, 0.5) is 0 Å². The predicted molar refractivity (Wildman–Crippen MR) is 80.7 cm³/mol. The normalized spacial score (nSPS) is 12.0. The number of rotatable bonds is 4. The standard InChI is InChI=1S/C16H15ClO4/c1-10(16(19)20-2)11-3-4-13-8-14(21-15(18)9-17)6-5-12(13)7-11/h3-8,10H,9H2,1-2H3. The van der Waals surface area contributed by atoms with Crippen molar-refractivity contribution in [2.24, 2.45) is 0 Å². The minimum atomic E-state index is -0.494. The Morgan fingerprint density at radius 3 is 2.48 bits per heavy atom. The van der Waals surface area contributed by atoms with E-state index in [-0.39, 0.29) is 17.8 Å². The highest BCUT2D eigenvalue weighted by molar-refractivity contribution is 6.26. The Morgan fingerprint density at radius 1 is 1.14 bits per heavy atom. The summed E-state index contributed by atoms with van der Waals surface area (Å²) in [6, 6.07) is 10.9. The van der Waals surface area contributed by atoms with E-state index in [1.54, 1.807) is 19.1 Å². The number of carbonyl (C=O) groups excluding carboxylic acids is 2. The highest BCUT2D eigenvalue weighted by atomic mass is 35.5. The molecule has 2 aromatic rings. The van der Waals surface area contributed by atoms with E-state index in [4.69, 9.17) is 21.1 Å². The van der Waals surface area contributed by atoms with Crippen LogP contribution in [0, 0.1) is 0 Å². The topological polar surface area (TPSA) is 52.6 Å². The fourth-order valence-electron chi connectivity index (χ4n) is 2.05. The molecule has 2 aromatic carbocycles. The smallest absolute Gasteiger partial charge is 0.326 e. The second-order valence-electron chi connectivity index (χ2n) is 4.62. The van der Waals surface area contributed by atoms with E-state index >= 15 is 0 Å². The third-order valence-electron chi connectivity index (χ3n) is 3.23. The van der Waals surface area contributed by atoms with E-state index in [1.807, 2.05) is 24.3 Å². The van der Waals surface area contributed by atoms with E-state index in [1.165, 1.54) is 7.11 Å². The minimum absolute atomic E-state index is 0.187. The summed E-state index contributed by atoms with van der Waals surface area (Å²) in [4.78, 5) is 22.7. The Morgan fingerprint density at radius 2 is 1.81 bits per heavy atom.